The molecule has 1 aromatic heterocycles. The maximum Gasteiger partial charge on any atom is 0.0937 e. The first kappa shape index (κ1) is 9.71. The lowest BCUT2D eigenvalue weighted by molar-refractivity contribution is 0.677. The highest BCUT2D eigenvalue weighted by Gasteiger charge is 2.13. The Hall–Kier alpha value is -0.830. The van der Waals surface area contributed by atoms with E-state index >= 15 is 0 Å². The Morgan fingerprint density at radius 1 is 1.36 bits per heavy atom. The molecule has 1 aromatic carbocycles. The molecular weight excluding hydrogens is 240 g/mol. The molecule has 0 unspecified atom stereocenters. The molecule has 0 saturated heterocycles. The number of nitrogens with zero attached hydrogens (tertiary/aromatic N) is 2. The molecule has 2 rings (SSSR count). The van der Waals surface area contributed by atoms with Crippen LogP contribution >= 0.6 is 15.9 Å². The normalized spacial score (nSPS) is 11.5. The second-order valence-corrected chi connectivity index (χ2v) is 4.65. The van der Waals surface area contributed by atoms with E-state index < -0.39 is 0 Å². The van der Waals surface area contributed by atoms with Crippen molar-refractivity contribution < 1.29 is 0 Å². The first-order valence-corrected chi connectivity index (χ1v) is 5.51. The molecule has 14 heavy (non-hydrogen) atoms. The van der Waals surface area contributed by atoms with E-state index in [0.29, 0.717) is 5.92 Å². The number of hydrogen-bond acceptors (Lipinski definition) is 1. The van der Waals surface area contributed by atoms with Crippen molar-refractivity contribution in [2.75, 3.05) is 0 Å². The van der Waals surface area contributed by atoms with Gasteiger partial charge in [-0.1, -0.05) is 35.8 Å². The first-order valence-electron chi connectivity index (χ1n) is 4.72. The molecule has 0 bridgehead atoms. The highest BCUT2D eigenvalue weighted by molar-refractivity contribution is 9.10. The molecular formula is C11H13BrN2. The second-order valence-electron chi connectivity index (χ2n) is 3.80. The van der Waals surface area contributed by atoms with Gasteiger partial charge in [-0.25, -0.2) is 0 Å². The van der Waals surface area contributed by atoms with Crippen LogP contribution in [0.25, 0.3) is 10.9 Å². The van der Waals surface area contributed by atoms with Gasteiger partial charge in [0.1, 0.15) is 0 Å². The number of rotatable bonds is 1. The molecule has 2 nitrogen and oxygen atoms in total. The smallest absolute Gasteiger partial charge is 0.0937 e. The van der Waals surface area contributed by atoms with Crippen LogP contribution in [0.3, 0.4) is 0 Å². The fourth-order valence-electron chi connectivity index (χ4n) is 1.89. The molecule has 0 amide bonds. The lowest BCUT2D eigenvalue weighted by atomic mass is 10.1. The maximum atomic E-state index is 4.48. The van der Waals surface area contributed by atoms with Crippen LogP contribution in [0.4, 0.5) is 0 Å². The Labute approximate surface area is 92.0 Å². The van der Waals surface area contributed by atoms with Crippen molar-refractivity contribution >= 4 is 26.8 Å². The van der Waals surface area contributed by atoms with Crippen LogP contribution in [0.1, 0.15) is 25.5 Å². The van der Waals surface area contributed by atoms with Gasteiger partial charge in [-0.05, 0) is 18.1 Å². The molecule has 0 aliphatic heterocycles. The molecule has 74 valence electrons. The van der Waals surface area contributed by atoms with Crippen LogP contribution in [-0.4, -0.2) is 9.78 Å². The van der Waals surface area contributed by atoms with Gasteiger partial charge in [0.2, 0.25) is 0 Å². The van der Waals surface area contributed by atoms with Crippen molar-refractivity contribution in [1.29, 1.82) is 0 Å². The van der Waals surface area contributed by atoms with Gasteiger partial charge in [0.05, 0.1) is 5.52 Å². The summed E-state index contributed by atoms with van der Waals surface area (Å²) >= 11 is 3.58. The van der Waals surface area contributed by atoms with E-state index in [0.717, 1.165) is 9.99 Å². The molecule has 3 heteroatoms. The minimum absolute atomic E-state index is 0.490. The lowest BCUT2D eigenvalue weighted by Crippen LogP contribution is -1.99. The summed E-state index contributed by atoms with van der Waals surface area (Å²) in [7, 11) is 2.00. The third-order valence-electron chi connectivity index (χ3n) is 2.40. The van der Waals surface area contributed by atoms with Gasteiger partial charge >= 0.3 is 0 Å². The van der Waals surface area contributed by atoms with Crippen molar-refractivity contribution in [2.24, 2.45) is 7.05 Å². The Bertz CT molecular complexity index is 471. The van der Waals surface area contributed by atoms with E-state index in [2.05, 4.69) is 40.9 Å². The Kier molecular flexibility index (Phi) is 2.35. The van der Waals surface area contributed by atoms with E-state index in [1.165, 1.54) is 11.1 Å². The predicted molar refractivity (Wildman–Crippen MR) is 62.5 cm³/mol. The van der Waals surface area contributed by atoms with Crippen molar-refractivity contribution in [2.45, 2.75) is 19.8 Å². The van der Waals surface area contributed by atoms with Crippen LogP contribution in [0.5, 0.6) is 0 Å². The summed E-state index contributed by atoms with van der Waals surface area (Å²) in [6.07, 6.45) is 0. The number of aromatic nitrogens is 2. The zero-order valence-electron chi connectivity index (χ0n) is 8.58. The highest BCUT2D eigenvalue weighted by Crippen LogP contribution is 2.30. The molecule has 0 spiro atoms. The average molecular weight is 253 g/mol. The summed E-state index contributed by atoms with van der Waals surface area (Å²) in [5.74, 6) is 0.490. The number of aryl methyl sites for hydroxylation is 1. The van der Waals surface area contributed by atoms with Gasteiger partial charge in [-0.15, -0.1) is 0 Å². The van der Waals surface area contributed by atoms with E-state index in [-0.39, 0.29) is 0 Å². The molecule has 0 fully saturated rings. The summed E-state index contributed by atoms with van der Waals surface area (Å²) < 4.78 is 3.10. The molecule has 1 heterocycles. The van der Waals surface area contributed by atoms with Crippen LogP contribution in [0, 0.1) is 0 Å². The summed E-state index contributed by atoms with van der Waals surface area (Å²) in [6, 6.07) is 6.13. The largest absolute Gasteiger partial charge is 0.271 e. The van der Waals surface area contributed by atoms with Crippen LogP contribution in [0.2, 0.25) is 0 Å². The van der Waals surface area contributed by atoms with Gasteiger partial charge in [-0.2, -0.15) is 5.10 Å². The van der Waals surface area contributed by atoms with Crippen LogP contribution < -0.4 is 0 Å². The number of halogens is 1. The minimum atomic E-state index is 0.490. The fourth-order valence-corrected chi connectivity index (χ4v) is 2.45. The van der Waals surface area contributed by atoms with Crippen molar-refractivity contribution in [1.82, 2.24) is 9.78 Å². The van der Waals surface area contributed by atoms with Crippen molar-refractivity contribution in [3.8, 4) is 0 Å². The second kappa shape index (κ2) is 3.39. The molecule has 0 radical (unpaired) electrons. The summed E-state index contributed by atoms with van der Waals surface area (Å²) in [5.41, 5.74) is 2.35. The number of benzene rings is 1. The summed E-state index contributed by atoms with van der Waals surface area (Å²) in [5, 5.41) is 5.72. The topological polar surface area (TPSA) is 17.8 Å². The van der Waals surface area contributed by atoms with Gasteiger partial charge in [-0.3, -0.25) is 4.68 Å². The SMILES string of the molecule is CC(C)c1c2c(Br)cccc2nn1C. The quantitative estimate of drug-likeness (QED) is 0.761. The number of hydrogen-bond donors (Lipinski definition) is 0. The lowest BCUT2D eigenvalue weighted by Gasteiger charge is -2.06. The minimum Gasteiger partial charge on any atom is -0.271 e. The fraction of sp³-hybridized carbons (Fsp3) is 0.364. The molecule has 0 saturated carbocycles. The van der Waals surface area contributed by atoms with Gasteiger partial charge in [0.15, 0.2) is 0 Å². The standard InChI is InChI=1S/C11H13BrN2/c1-7(2)11-10-8(12)5-4-6-9(10)13-14(11)3/h4-7H,1-3H3. The molecule has 0 atom stereocenters. The van der Waals surface area contributed by atoms with E-state index in [4.69, 9.17) is 0 Å². The van der Waals surface area contributed by atoms with Crippen LogP contribution in [0.15, 0.2) is 22.7 Å². The third-order valence-corrected chi connectivity index (χ3v) is 3.06. The zero-order chi connectivity index (χ0) is 10.3. The monoisotopic (exact) mass is 252 g/mol. The van der Waals surface area contributed by atoms with Gasteiger partial charge in [0, 0.05) is 22.6 Å². The van der Waals surface area contributed by atoms with E-state index in [9.17, 15) is 0 Å². The van der Waals surface area contributed by atoms with Crippen molar-refractivity contribution in [3.63, 3.8) is 0 Å². The van der Waals surface area contributed by atoms with Gasteiger partial charge in [0.25, 0.3) is 0 Å². The average Bonchev–Trinajstić information content (AvgIpc) is 2.42. The Morgan fingerprint density at radius 3 is 2.71 bits per heavy atom. The van der Waals surface area contributed by atoms with E-state index in [1.807, 2.05) is 23.9 Å². The molecule has 0 aliphatic carbocycles. The Morgan fingerprint density at radius 2 is 2.07 bits per heavy atom. The maximum absolute atomic E-state index is 4.48. The highest BCUT2D eigenvalue weighted by atomic mass is 79.9. The summed E-state index contributed by atoms with van der Waals surface area (Å²) in [6.45, 7) is 4.38. The zero-order valence-corrected chi connectivity index (χ0v) is 10.2. The van der Waals surface area contributed by atoms with E-state index in [1.54, 1.807) is 0 Å². The third kappa shape index (κ3) is 1.36. The molecule has 2 aromatic rings. The van der Waals surface area contributed by atoms with Gasteiger partial charge < -0.3 is 0 Å². The molecule has 0 N–H and O–H groups in total. The predicted octanol–water partition coefficient (Wildman–Crippen LogP) is 3.46. The summed E-state index contributed by atoms with van der Waals surface area (Å²) in [4.78, 5) is 0. The van der Waals surface area contributed by atoms with Crippen molar-refractivity contribution in [3.05, 3.63) is 28.4 Å². The Balaban J connectivity index is 2.86. The number of fused-ring (bicyclic) bond motifs is 1. The first-order chi connectivity index (χ1) is 6.61. The van der Waals surface area contributed by atoms with Crippen LogP contribution in [-0.2, 0) is 7.05 Å². The molecule has 0 aliphatic rings.